The Morgan fingerprint density at radius 2 is 2.18 bits per heavy atom. The Morgan fingerprint density at radius 3 is 2.86 bits per heavy atom. The first-order valence-corrected chi connectivity index (χ1v) is 10.9. The Balaban J connectivity index is 1.84. The fourth-order valence-corrected chi connectivity index (χ4v) is 5.18. The van der Waals surface area contributed by atoms with Gasteiger partial charge in [0, 0.05) is 22.8 Å². The first-order chi connectivity index (χ1) is 13.6. The van der Waals surface area contributed by atoms with Gasteiger partial charge in [-0.1, -0.05) is 13.0 Å². The van der Waals surface area contributed by atoms with Crippen LogP contribution in [-0.2, 0) is 16.0 Å². The molecule has 0 spiro atoms. The third-order valence-corrected chi connectivity index (χ3v) is 6.69. The van der Waals surface area contributed by atoms with Crippen molar-refractivity contribution in [1.29, 1.82) is 0 Å². The number of hydrogen-bond donors (Lipinski definition) is 1. The van der Waals surface area contributed by atoms with E-state index in [2.05, 4.69) is 9.97 Å². The average molecular weight is 416 g/mol. The van der Waals surface area contributed by atoms with Crippen LogP contribution in [0.5, 0.6) is 0 Å². The summed E-state index contributed by atoms with van der Waals surface area (Å²) in [5, 5.41) is 2.60. The predicted octanol–water partition coefficient (Wildman–Crippen LogP) is 3.32. The minimum atomic E-state index is -0.187. The van der Waals surface area contributed by atoms with Crippen molar-refractivity contribution in [3.63, 3.8) is 0 Å². The average Bonchev–Trinajstić information content (AvgIpc) is 3.33. The SMILES string of the molecule is CCc1c(C)sc2nc(/C(=C/c3cccs3)C(=O)N3CCOCC3)[nH]c(=O)c12. The molecule has 0 unspecified atom stereocenters. The van der Waals surface area contributed by atoms with E-state index < -0.39 is 0 Å². The number of amides is 1. The molecular formula is C20H21N3O3S2. The van der Waals surface area contributed by atoms with Crippen LogP contribution in [0.4, 0.5) is 0 Å². The molecule has 1 N–H and O–H groups in total. The first kappa shape index (κ1) is 19.0. The van der Waals surface area contributed by atoms with Gasteiger partial charge in [0.05, 0.1) is 24.2 Å². The number of aromatic amines is 1. The second kappa shape index (κ2) is 7.98. The highest BCUT2D eigenvalue weighted by molar-refractivity contribution is 7.18. The molecule has 0 radical (unpaired) electrons. The number of nitrogens with zero attached hydrogens (tertiary/aromatic N) is 2. The van der Waals surface area contributed by atoms with Gasteiger partial charge in [-0.3, -0.25) is 9.59 Å². The summed E-state index contributed by atoms with van der Waals surface area (Å²) in [5.41, 5.74) is 1.25. The molecule has 3 aromatic heterocycles. The Hall–Kier alpha value is -2.29. The van der Waals surface area contributed by atoms with Crippen molar-refractivity contribution in [2.45, 2.75) is 20.3 Å². The lowest BCUT2D eigenvalue weighted by Crippen LogP contribution is -2.41. The highest BCUT2D eigenvalue weighted by Gasteiger charge is 2.25. The fraction of sp³-hybridized carbons (Fsp3) is 0.350. The van der Waals surface area contributed by atoms with Crippen molar-refractivity contribution in [3.8, 4) is 0 Å². The summed E-state index contributed by atoms with van der Waals surface area (Å²) < 4.78 is 5.36. The lowest BCUT2D eigenvalue weighted by Gasteiger charge is -2.27. The van der Waals surface area contributed by atoms with E-state index in [-0.39, 0.29) is 11.5 Å². The molecule has 1 fully saturated rings. The van der Waals surface area contributed by atoms with Crippen LogP contribution >= 0.6 is 22.7 Å². The van der Waals surface area contributed by atoms with Crippen LogP contribution in [0.25, 0.3) is 21.9 Å². The number of aromatic nitrogens is 2. The number of thiophene rings is 2. The zero-order chi connectivity index (χ0) is 19.7. The molecule has 8 heteroatoms. The van der Waals surface area contributed by atoms with Gasteiger partial charge in [-0.15, -0.1) is 22.7 Å². The zero-order valence-corrected chi connectivity index (χ0v) is 17.4. The number of rotatable bonds is 4. The largest absolute Gasteiger partial charge is 0.378 e. The highest BCUT2D eigenvalue weighted by atomic mass is 32.1. The summed E-state index contributed by atoms with van der Waals surface area (Å²) in [7, 11) is 0. The van der Waals surface area contributed by atoms with E-state index in [1.807, 2.05) is 37.4 Å². The fourth-order valence-electron chi connectivity index (χ4n) is 3.41. The summed E-state index contributed by atoms with van der Waals surface area (Å²) >= 11 is 3.04. The molecule has 0 atom stereocenters. The molecule has 28 heavy (non-hydrogen) atoms. The molecule has 146 valence electrons. The number of H-pyrrole nitrogens is 1. The van der Waals surface area contributed by atoms with Gasteiger partial charge in [-0.25, -0.2) is 4.98 Å². The van der Waals surface area contributed by atoms with E-state index >= 15 is 0 Å². The summed E-state index contributed by atoms with van der Waals surface area (Å²) in [4.78, 5) is 38.1. The van der Waals surface area contributed by atoms with Crippen LogP contribution in [0.15, 0.2) is 22.3 Å². The number of carbonyl (C=O) groups excluding carboxylic acids is 1. The summed E-state index contributed by atoms with van der Waals surface area (Å²) in [5.74, 6) is 0.189. The number of aryl methyl sites for hydroxylation is 2. The third kappa shape index (κ3) is 3.55. The second-order valence-electron chi connectivity index (χ2n) is 6.56. The van der Waals surface area contributed by atoms with Gasteiger partial charge in [-0.2, -0.15) is 0 Å². The van der Waals surface area contributed by atoms with E-state index in [4.69, 9.17) is 4.74 Å². The number of morpholine rings is 1. The Bertz CT molecular complexity index is 1090. The Labute approximate surface area is 170 Å². The molecule has 1 aliphatic heterocycles. The molecule has 1 saturated heterocycles. The minimum absolute atomic E-state index is 0.136. The molecule has 4 heterocycles. The third-order valence-electron chi connectivity index (χ3n) is 4.83. The minimum Gasteiger partial charge on any atom is -0.378 e. The van der Waals surface area contributed by atoms with Crippen LogP contribution in [0, 0.1) is 6.92 Å². The number of hydrogen-bond acceptors (Lipinski definition) is 6. The van der Waals surface area contributed by atoms with E-state index in [9.17, 15) is 9.59 Å². The summed E-state index contributed by atoms with van der Waals surface area (Å²) in [6.07, 6.45) is 2.59. The molecule has 6 nitrogen and oxygen atoms in total. The number of fused-ring (bicyclic) bond motifs is 1. The highest BCUT2D eigenvalue weighted by Crippen LogP contribution is 2.29. The number of nitrogens with one attached hydrogen (secondary N) is 1. The van der Waals surface area contributed by atoms with Gasteiger partial charge < -0.3 is 14.6 Å². The monoisotopic (exact) mass is 415 g/mol. The van der Waals surface area contributed by atoms with Gasteiger partial charge in [0.15, 0.2) is 0 Å². The predicted molar refractivity (Wildman–Crippen MR) is 114 cm³/mol. The van der Waals surface area contributed by atoms with E-state index in [0.29, 0.717) is 47.9 Å². The van der Waals surface area contributed by atoms with Crippen molar-refractivity contribution in [1.82, 2.24) is 14.9 Å². The summed E-state index contributed by atoms with van der Waals surface area (Å²) in [6.45, 7) is 6.14. The van der Waals surface area contributed by atoms with Crippen molar-refractivity contribution in [3.05, 3.63) is 49.0 Å². The quantitative estimate of drug-likeness (QED) is 0.664. The van der Waals surface area contributed by atoms with Crippen LogP contribution in [0.2, 0.25) is 0 Å². The van der Waals surface area contributed by atoms with Gasteiger partial charge in [0.2, 0.25) is 0 Å². The zero-order valence-electron chi connectivity index (χ0n) is 15.8. The lowest BCUT2D eigenvalue weighted by molar-refractivity contribution is -0.128. The second-order valence-corrected chi connectivity index (χ2v) is 8.75. The molecule has 1 aliphatic rings. The van der Waals surface area contributed by atoms with Crippen LogP contribution in [0.1, 0.15) is 28.1 Å². The van der Waals surface area contributed by atoms with Gasteiger partial charge in [0.1, 0.15) is 10.7 Å². The molecule has 3 aromatic rings. The van der Waals surface area contributed by atoms with Gasteiger partial charge >= 0.3 is 0 Å². The van der Waals surface area contributed by atoms with Gasteiger partial charge in [0.25, 0.3) is 11.5 Å². The number of ether oxygens (including phenoxy) is 1. The molecule has 0 bridgehead atoms. The lowest BCUT2D eigenvalue weighted by atomic mass is 10.1. The summed E-state index contributed by atoms with van der Waals surface area (Å²) in [6, 6.07) is 3.88. The van der Waals surface area contributed by atoms with Crippen molar-refractivity contribution < 1.29 is 9.53 Å². The Kier molecular flexibility index (Phi) is 5.43. The van der Waals surface area contributed by atoms with Crippen molar-refractivity contribution >= 4 is 50.4 Å². The molecule has 4 rings (SSSR count). The maximum absolute atomic E-state index is 13.2. The maximum atomic E-state index is 13.2. The normalized spacial score (nSPS) is 15.4. The Morgan fingerprint density at radius 1 is 1.39 bits per heavy atom. The van der Waals surface area contributed by atoms with E-state index in [1.165, 1.54) is 22.7 Å². The van der Waals surface area contributed by atoms with Crippen molar-refractivity contribution in [2.75, 3.05) is 26.3 Å². The maximum Gasteiger partial charge on any atom is 0.260 e. The molecular weight excluding hydrogens is 394 g/mol. The van der Waals surface area contributed by atoms with Crippen molar-refractivity contribution in [2.24, 2.45) is 0 Å². The van der Waals surface area contributed by atoms with Crippen LogP contribution in [0.3, 0.4) is 0 Å². The van der Waals surface area contributed by atoms with Crippen LogP contribution < -0.4 is 5.56 Å². The van der Waals surface area contributed by atoms with E-state index in [1.54, 1.807) is 4.90 Å². The molecule has 0 aromatic carbocycles. The van der Waals surface area contributed by atoms with Gasteiger partial charge in [-0.05, 0) is 36.4 Å². The molecule has 1 amide bonds. The first-order valence-electron chi connectivity index (χ1n) is 9.23. The van der Waals surface area contributed by atoms with E-state index in [0.717, 1.165) is 21.7 Å². The van der Waals surface area contributed by atoms with Crippen LogP contribution in [-0.4, -0.2) is 47.1 Å². The number of carbonyl (C=O) groups is 1. The molecule has 0 aliphatic carbocycles. The smallest absolute Gasteiger partial charge is 0.260 e. The topological polar surface area (TPSA) is 75.3 Å². The molecule has 0 saturated carbocycles. The standard InChI is InChI=1S/C20H21N3O3S2/c1-3-14-12(2)28-19-16(14)18(24)21-17(22-19)15(11-13-5-4-10-27-13)20(25)23-6-8-26-9-7-23/h4-5,10-11H,3,6-9H2,1-2H3,(H,21,22,24)/b15-11-.